The van der Waals surface area contributed by atoms with E-state index in [0.29, 0.717) is 12.3 Å². The molecule has 0 aliphatic heterocycles. The summed E-state index contributed by atoms with van der Waals surface area (Å²) >= 11 is 0. The molecule has 1 aromatic carbocycles. The maximum atomic E-state index is 11.4. The van der Waals surface area contributed by atoms with Crippen LogP contribution >= 0.6 is 0 Å². The Bertz CT molecular complexity index is 357. The van der Waals surface area contributed by atoms with Crippen molar-refractivity contribution in [1.29, 1.82) is 0 Å². The average Bonchev–Trinajstić information content (AvgIpc) is 2.26. The highest BCUT2D eigenvalue weighted by molar-refractivity contribution is 5.76. The van der Waals surface area contributed by atoms with E-state index in [4.69, 9.17) is 0 Å². The SMILES string of the molecule is Cc1ccc(C(O)CNC(=O)CC(C)C)cc1. The Balaban J connectivity index is 2.42. The van der Waals surface area contributed by atoms with E-state index >= 15 is 0 Å². The lowest BCUT2D eigenvalue weighted by molar-refractivity contribution is -0.122. The molecule has 0 spiro atoms. The summed E-state index contributed by atoms with van der Waals surface area (Å²) in [5, 5.41) is 12.6. The van der Waals surface area contributed by atoms with E-state index in [1.165, 1.54) is 0 Å². The first-order valence-electron chi connectivity index (χ1n) is 6.00. The first-order chi connectivity index (χ1) is 7.99. The van der Waals surface area contributed by atoms with Crippen LogP contribution in [0.15, 0.2) is 24.3 Å². The summed E-state index contributed by atoms with van der Waals surface area (Å²) in [6, 6.07) is 7.67. The number of amides is 1. The highest BCUT2D eigenvalue weighted by Gasteiger charge is 2.10. The van der Waals surface area contributed by atoms with Crippen molar-refractivity contribution in [3.8, 4) is 0 Å². The summed E-state index contributed by atoms with van der Waals surface area (Å²) < 4.78 is 0. The Kier molecular flexibility index (Phi) is 5.16. The first-order valence-corrected chi connectivity index (χ1v) is 6.00. The molecule has 3 heteroatoms. The Morgan fingerprint density at radius 2 is 1.88 bits per heavy atom. The van der Waals surface area contributed by atoms with Gasteiger partial charge in [0.1, 0.15) is 0 Å². The minimum absolute atomic E-state index is 0.00818. The van der Waals surface area contributed by atoms with Crippen LogP contribution in [0.4, 0.5) is 0 Å². The zero-order valence-electron chi connectivity index (χ0n) is 10.7. The third-order valence-corrected chi connectivity index (χ3v) is 2.55. The van der Waals surface area contributed by atoms with Gasteiger partial charge in [-0.25, -0.2) is 0 Å². The predicted octanol–water partition coefficient (Wildman–Crippen LogP) is 2.19. The fourth-order valence-corrected chi connectivity index (χ4v) is 1.56. The molecule has 1 amide bonds. The number of carbonyl (C=O) groups excluding carboxylic acids is 1. The van der Waals surface area contributed by atoms with Gasteiger partial charge in [0.05, 0.1) is 6.10 Å². The van der Waals surface area contributed by atoms with Gasteiger partial charge in [0, 0.05) is 13.0 Å². The van der Waals surface area contributed by atoms with E-state index in [1.807, 2.05) is 45.0 Å². The molecule has 2 N–H and O–H groups in total. The van der Waals surface area contributed by atoms with Gasteiger partial charge in [-0.15, -0.1) is 0 Å². The fraction of sp³-hybridized carbons (Fsp3) is 0.500. The van der Waals surface area contributed by atoms with Crippen LogP contribution in [-0.4, -0.2) is 17.6 Å². The summed E-state index contributed by atoms with van der Waals surface area (Å²) in [7, 11) is 0. The van der Waals surface area contributed by atoms with Crippen LogP contribution in [0.3, 0.4) is 0 Å². The molecule has 0 fully saturated rings. The van der Waals surface area contributed by atoms with E-state index < -0.39 is 6.10 Å². The molecular formula is C14H21NO2. The summed E-state index contributed by atoms with van der Waals surface area (Å²) in [6.07, 6.45) is -0.132. The number of aryl methyl sites for hydroxylation is 1. The highest BCUT2D eigenvalue weighted by Crippen LogP contribution is 2.12. The first kappa shape index (κ1) is 13.7. The monoisotopic (exact) mass is 235 g/mol. The molecule has 94 valence electrons. The molecule has 0 saturated carbocycles. The molecule has 0 aliphatic carbocycles. The number of rotatable bonds is 5. The Hall–Kier alpha value is -1.35. The quantitative estimate of drug-likeness (QED) is 0.822. The Morgan fingerprint density at radius 1 is 1.29 bits per heavy atom. The van der Waals surface area contributed by atoms with Crippen LogP contribution in [0.2, 0.25) is 0 Å². The number of aliphatic hydroxyl groups is 1. The van der Waals surface area contributed by atoms with Gasteiger partial charge >= 0.3 is 0 Å². The summed E-state index contributed by atoms with van der Waals surface area (Å²) in [5.41, 5.74) is 1.99. The second-order valence-electron chi connectivity index (χ2n) is 4.83. The minimum atomic E-state index is -0.633. The van der Waals surface area contributed by atoms with Crippen LogP contribution in [0.5, 0.6) is 0 Å². The van der Waals surface area contributed by atoms with E-state index in [-0.39, 0.29) is 12.5 Å². The lowest BCUT2D eigenvalue weighted by Gasteiger charge is -2.13. The molecule has 1 aromatic rings. The van der Waals surface area contributed by atoms with Crippen molar-refractivity contribution < 1.29 is 9.90 Å². The van der Waals surface area contributed by atoms with Gasteiger partial charge in [-0.05, 0) is 18.4 Å². The second-order valence-corrected chi connectivity index (χ2v) is 4.83. The van der Waals surface area contributed by atoms with Crippen molar-refractivity contribution >= 4 is 5.91 Å². The van der Waals surface area contributed by atoms with Crippen LogP contribution in [0.1, 0.15) is 37.5 Å². The zero-order chi connectivity index (χ0) is 12.8. The molecule has 1 unspecified atom stereocenters. The Labute approximate surface area is 103 Å². The normalized spacial score (nSPS) is 12.5. The molecule has 0 aliphatic rings. The molecule has 3 nitrogen and oxygen atoms in total. The number of benzene rings is 1. The van der Waals surface area contributed by atoms with Crippen molar-refractivity contribution in [2.45, 2.75) is 33.3 Å². The lowest BCUT2D eigenvalue weighted by atomic mass is 10.1. The largest absolute Gasteiger partial charge is 0.387 e. The van der Waals surface area contributed by atoms with Crippen molar-refractivity contribution in [1.82, 2.24) is 5.32 Å². The van der Waals surface area contributed by atoms with E-state index in [2.05, 4.69) is 5.32 Å². The summed E-state index contributed by atoms with van der Waals surface area (Å²) in [6.45, 7) is 6.27. The number of aliphatic hydroxyl groups excluding tert-OH is 1. The van der Waals surface area contributed by atoms with E-state index in [1.54, 1.807) is 0 Å². The van der Waals surface area contributed by atoms with Gasteiger partial charge in [0.2, 0.25) is 5.91 Å². The number of hydrogen-bond donors (Lipinski definition) is 2. The molecular weight excluding hydrogens is 214 g/mol. The van der Waals surface area contributed by atoms with Gasteiger partial charge in [0.25, 0.3) is 0 Å². The third kappa shape index (κ3) is 5.00. The minimum Gasteiger partial charge on any atom is -0.387 e. The molecule has 1 rings (SSSR count). The highest BCUT2D eigenvalue weighted by atomic mass is 16.3. The van der Waals surface area contributed by atoms with E-state index in [0.717, 1.165) is 11.1 Å². The van der Waals surface area contributed by atoms with Crippen molar-refractivity contribution in [3.63, 3.8) is 0 Å². The fourth-order valence-electron chi connectivity index (χ4n) is 1.56. The lowest BCUT2D eigenvalue weighted by Crippen LogP contribution is -2.29. The second kappa shape index (κ2) is 6.40. The van der Waals surface area contributed by atoms with Gasteiger partial charge in [-0.2, -0.15) is 0 Å². The van der Waals surface area contributed by atoms with Crippen molar-refractivity contribution in [2.75, 3.05) is 6.54 Å². The molecule has 0 saturated heterocycles. The van der Waals surface area contributed by atoms with Crippen LogP contribution in [-0.2, 0) is 4.79 Å². The van der Waals surface area contributed by atoms with Gasteiger partial charge in [-0.1, -0.05) is 43.7 Å². The molecule has 0 aromatic heterocycles. The van der Waals surface area contributed by atoms with Gasteiger partial charge < -0.3 is 10.4 Å². The van der Waals surface area contributed by atoms with Crippen molar-refractivity contribution in [3.05, 3.63) is 35.4 Å². The average molecular weight is 235 g/mol. The number of hydrogen-bond acceptors (Lipinski definition) is 2. The summed E-state index contributed by atoms with van der Waals surface area (Å²) in [4.78, 5) is 11.4. The molecule has 0 radical (unpaired) electrons. The third-order valence-electron chi connectivity index (χ3n) is 2.55. The topological polar surface area (TPSA) is 49.3 Å². The molecule has 1 atom stereocenters. The van der Waals surface area contributed by atoms with Gasteiger partial charge in [-0.3, -0.25) is 4.79 Å². The van der Waals surface area contributed by atoms with Crippen molar-refractivity contribution in [2.24, 2.45) is 5.92 Å². The smallest absolute Gasteiger partial charge is 0.220 e. The zero-order valence-corrected chi connectivity index (χ0v) is 10.7. The number of carbonyl (C=O) groups is 1. The standard InChI is InChI=1S/C14H21NO2/c1-10(2)8-14(17)15-9-13(16)12-6-4-11(3)5-7-12/h4-7,10,13,16H,8-9H2,1-3H3,(H,15,17). The maximum absolute atomic E-state index is 11.4. The number of nitrogens with one attached hydrogen (secondary N) is 1. The van der Waals surface area contributed by atoms with Crippen LogP contribution in [0.25, 0.3) is 0 Å². The maximum Gasteiger partial charge on any atom is 0.220 e. The van der Waals surface area contributed by atoms with E-state index in [9.17, 15) is 9.90 Å². The van der Waals surface area contributed by atoms with Crippen LogP contribution < -0.4 is 5.32 Å². The van der Waals surface area contributed by atoms with Crippen LogP contribution in [0, 0.1) is 12.8 Å². The molecule has 17 heavy (non-hydrogen) atoms. The predicted molar refractivity (Wildman–Crippen MR) is 68.6 cm³/mol. The Morgan fingerprint density at radius 3 is 2.41 bits per heavy atom. The van der Waals surface area contributed by atoms with Gasteiger partial charge in [0.15, 0.2) is 0 Å². The molecule has 0 heterocycles. The summed E-state index contributed by atoms with van der Waals surface area (Å²) in [5.74, 6) is 0.331. The molecule has 0 bridgehead atoms.